The Hall–Kier alpha value is -3.39. The van der Waals surface area contributed by atoms with Crippen LogP contribution in [0.5, 0.6) is 0 Å². The van der Waals surface area contributed by atoms with Crippen LogP contribution in [0, 0.1) is 11.7 Å². The molecule has 3 rings (SSSR count). The number of amides is 1. The van der Waals surface area contributed by atoms with E-state index < -0.39 is 39.0 Å². The molecular weight excluding hydrogens is 562 g/mol. The van der Waals surface area contributed by atoms with Crippen LogP contribution in [0.1, 0.15) is 32.2 Å². The van der Waals surface area contributed by atoms with E-state index in [2.05, 4.69) is 9.72 Å². The molecule has 0 radical (unpaired) electrons. The van der Waals surface area contributed by atoms with Crippen molar-refractivity contribution in [1.29, 1.82) is 0 Å². The Balaban J connectivity index is 1.99. The van der Waals surface area contributed by atoms with Gasteiger partial charge in [0.15, 0.2) is 0 Å². The van der Waals surface area contributed by atoms with Crippen LogP contribution in [0.3, 0.4) is 0 Å². The lowest BCUT2D eigenvalue weighted by Crippen LogP contribution is -2.36. The number of benzene rings is 2. The van der Waals surface area contributed by atoms with E-state index in [1.165, 1.54) is 40.7 Å². The Morgan fingerprint density at radius 2 is 1.87 bits per heavy atom. The van der Waals surface area contributed by atoms with Gasteiger partial charge in [0.05, 0.1) is 11.4 Å². The number of thioether (sulfide) groups is 1. The van der Waals surface area contributed by atoms with Gasteiger partial charge in [-0.1, -0.05) is 32.9 Å². The Morgan fingerprint density at radius 1 is 1.15 bits per heavy atom. The van der Waals surface area contributed by atoms with Crippen molar-refractivity contribution in [3.05, 3.63) is 66.0 Å². The molecule has 0 fully saturated rings. The number of nitrogens with zero attached hydrogens (tertiary/aromatic N) is 2. The summed E-state index contributed by atoms with van der Waals surface area (Å²) in [6, 6.07) is 8.19. The Morgan fingerprint density at radius 3 is 2.49 bits per heavy atom. The van der Waals surface area contributed by atoms with Crippen molar-refractivity contribution in [2.24, 2.45) is 5.92 Å². The number of hydrogen-bond acceptors (Lipinski definition) is 7. The summed E-state index contributed by atoms with van der Waals surface area (Å²) in [7, 11) is -4.84. The molecule has 0 bridgehead atoms. The SMILES string of the molecule is CCc1nccn1Cc1ccc(-c2cc(SCC(C)C)ccc2S(=O)(=O)NC(=O)OC(=O)C(F)(F)F)cc1F. The first-order valence-electron chi connectivity index (χ1n) is 11.6. The molecule has 0 saturated carbocycles. The molecule has 0 unspecified atom stereocenters. The zero-order valence-corrected chi connectivity index (χ0v) is 22.7. The van der Waals surface area contributed by atoms with Gasteiger partial charge in [0.25, 0.3) is 10.0 Å². The van der Waals surface area contributed by atoms with Crippen LogP contribution in [0.4, 0.5) is 22.4 Å². The van der Waals surface area contributed by atoms with E-state index in [0.29, 0.717) is 28.6 Å². The molecule has 2 aromatic carbocycles. The monoisotopic (exact) mass is 587 g/mol. The summed E-state index contributed by atoms with van der Waals surface area (Å²) < 4.78 is 85.0. The van der Waals surface area contributed by atoms with Crippen LogP contribution in [-0.4, -0.2) is 42.0 Å². The Labute approximate surface area is 226 Å². The van der Waals surface area contributed by atoms with E-state index in [9.17, 15) is 31.2 Å². The second kappa shape index (κ2) is 12.2. The number of aromatic nitrogens is 2. The van der Waals surface area contributed by atoms with Crippen LogP contribution in [0.15, 0.2) is 58.6 Å². The number of hydrogen-bond donors (Lipinski definition) is 1. The van der Waals surface area contributed by atoms with E-state index >= 15 is 4.39 Å². The van der Waals surface area contributed by atoms with Gasteiger partial charge in [0, 0.05) is 40.6 Å². The molecule has 1 aromatic heterocycles. The lowest BCUT2D eigenvalue weighted by Gasteiger charge is -2.15. The van der Waals surface area contributed by atoms with Gasteiger partial charge < -0.3 is 9.30 Å². The highest BCUT2D eigenvalue weighted by Crippen LogP contribution is 2.34. The number of imidazole rings is 1. The lowest BCUT2D eigenvalue weighted by atomic mass is 10.0. The number of ether oxygens (including phenoxy) is 1. The molecule has 0 saturated heterocycles. The maximum Gasteiger partial charge on any atom is 0.491 e. The fourth-order valence-corrected chi connectivity index (χ4v) is 5.45. The topological polar surface area (TPSA) is 107 Å². The van der Waals surface area contributed by atoms with Gasteiger partial charge in [-0.25, -0.2) is 32.1 Å². The van der Waals surface area contributed by atoms with E-state index in [4.69, 9.17) is 0 Å². The average molecular weight is 588 g/mol. The number of halogens is 4. The first-order valence-corrected chi connectivity index (χ1v) is 14.1. The summed E-state index contributed by atoms with van der Waals surface area (Å²) in [5.74, 6) is -1.76. The summed E-state index contributed by atoms with van der Waals surface area (Å²) in [6.45, 7) is 6.07. The van der Waals surface area contributed by atoms with Crippen LogP contribution in [-0.2, 0) is 32.5 Å². The van der Waals surface area contributed by atoms with Crippen molar-refractivity contribution in [2.75, 3.05) is 5.75 Å². The van der Waals surface area contributed by atoms with Gasteiger partial charge >= 0.3 is 18.2 Å². The van der Waals surface area contributed by atoms with Crippen LogP contribution in [0.2, 0.25) is 0 Å². The number of carbonyl (C=O) groups is 2. The van der Waals surface area contributed by atoms with Gasteiger partial charge in [0.1, 0.15) is 11.6 Å². The van der Waals surface area contributed by atoms with E-state index in [1.54, 1.807) is 17.0 Å². The molecule has 1 amide bonds. The third-order valence-electron chi connectivity index (χ3n) is 5.28. The summed E-state index contributed by atoms with van der Waals surface area (Å²) in [5.41, 5.74) is 0.451. The minimum Gasteiger partial charge on any atom is -0.369 e. The molecule has 0 spiro atoms. The first-order chi connectivity index (χ1) is 18.2. The first kappa shape index (κ1) is 30.2. The average Bonchev–Trinajstić information content (AvgIpc) is 3.30. The summed E-state index contributed by atoms with van der Waals surface area (Å²) in [6.07, 6.45) is -3.69. The summed E-state index contributed by atoms with van der Waals surface area (Å²) in [4.78, 5) is 27.0. The number of sulfonamides is 1. The van der Waals surface area contributed by atoms with Gasteiger partial charge in [0.2, 0.25) is 0 Å². The lowest BCUT2D eigenvalue weighted by molar-refractivity contribution is -0.192. The third kappa shape index (κ3) is 7.82. The predicted octanol–water partition coefficient (Wildman–Crippen LogP) is 5.55. The third-order valence-corrected chi connectivity index (χ3v) is 8.07. The molecule has 210 valence electrons. The van der Waals surface area contributed by atoms with Gasteiger partial charge in [-0.05, 0) is 35.7 Å². The maximum absolute atomic E-state index is 15.2. The van der Waals surface area contributed by atoms with Crippen molar-refractivity contribution in [3.8, 4) is 11.1 Å². The van der Waals surface area contributed by atoms with Crippen molar-refractivity contribution in [1.82, 2.24) is 14.3 Å². The Kier molecular flexibility index (Phi) is 9.43. The summed E-state index contributed by atoms with van der Waals surface area (Å²) >= 11 is 1.42. The van der Waals surface area contributed by atoms with E-state index in [-0.39, 0.29) is 17.7 Å². The smallest absolute Gasteiger partial charge is 0.369 e. The van der Waals surface area contributed by atoms with Crippen molar-refractivity contribution >= 4 is 33.8 Å². The molecule has 1 N–H and O–H groups in total. The fourth-order valence-electron chi connectivity index (χ4n) is 3.47. The molecular formula is C25H25F4N3O5S2. The fraction of sp³-hybridized carbons (Fsp3) is 0.320. The van der Waals surface area contributed by atoms with Crippen molar-refractivity contribution in [3.63, 3.8) is 0 Å². The van der Waals surface area contributed by atoms with Crippen LogP contribution >= 0.6 is 11.8 Å². The zero-order chi connectivity index (χ0) is 29.0. The maximum atomic E-state index is 15.2. The summed E-state index contributed by atoms with van der Waals surface area (Å²) in [5, 5.41) is 0. The minimum absolute atomic E-state index is 0.00599. The second-order valence-corrected chi connectivity index (χ2v) is 11.5. The second-order valence-electron chi connectivity index (χ2n) is 8.77. The molecule has 3 aromatic rings. The molecule has 14 heteroatoms. The highest BCUT2D eigenvalue weighted by atomic mass is 32.2. The van der Waals surface area contributed by atoms with Crippen molar-refractivity contribution < 1.29 is 40.3 Å². The largest absolute Gasteiger partial charge is 0.491 e. The van der Waals surface area contributed by atoms with Crippen LogP contribution in [0.25, 0.3) is 11.1 Å². The van der Waals surface area contributed by atoms with E-state index in [1.807, 2.05) is 20.8 Å². The van der Waals surface area contributed by atoms with Gasteiger partial charge in [-0.15, -0.1) is 11.8 Å². The van der Waals surface area contributed by atoms with Gasteiger partial charge in [-0.3, -0.25) is 0 Å². The molecule has 0 aliphatic rings. The molecule has 0 atom stereocenters. The molecule has 0 aliphatic carbocycles. The highest BCUT2D eigenvalue weighted by Gasteiger charge is 2.43. The van der Waals surface area contributed by atoms with Crippen molar-refractivity contribution in [2.45, 2.75) is 49.7 Å². The minimum atomic E-state index is -5.50. The number of aryl methyl sites for hydroxylation is 1. The van der Waals surface area contributed by atoms with E-state index in [0.717, 1.165) is 18.0 Å². The quantitative estimate of drug-likeness (QED) is 0.151. The normalized spacial score (nSPS) is 12.0. The molecule has 0 aliphatic heterocycles. The standard InChI is InChI=1S/C25H25F4N3O5S2/c1-4-22-30-9-10-32(22)13-17-6-5-16(11-20(17)26)19-12-18(38-14-15(2)3)7-8-21(19)39(35,36)31-24(34)37-23(33)25(27,28)29/h5-12,15H,4,13-14H2,1-3H3,(H,31,34). The number of esters is 1. The van der Waals surface area contributed by atoms with Gasteiger partial charge in [-0.2, -0.15) is 13.2 Å². The number of carbonyl (C=O) groups excluding carboxylic acids is 2. The zero-order valence-electron chi connectivity index (χ0n) is 21.1. The number of alkyl halides is 3. The predicted molar refractivity (Wildman–Crippen MR) is 136 cm³/mol. The molecule has 1 heterocycles. The Bertz CT molecular complexity index is 1470. The number of nitrogens with one attached hydrogen (secondary N) is 1. The van der Waals surface area contributed by atoms with Crippen LogP contribution < -0.4 is 4.72 Å². The molecule has 8 nitrogen and oxygen atoms in total. The highest BCUT2D eigenvalue weighted by molar-refractivity contribution is 7.99. The molecule has 39 heavy (non-hydrogen) atoms. The number of rotatable bonds is 9.